The van der Waals surface area contributed by atoms with E-state index in [-0.39, 0.29) is 17.3 Å². The number of thiol groups is 1. The second-order valence-electron chi connectivity index (χ2n) is 11.0. The van der Waals surface area contributed by atoms with Crippen molar-refractivity contribution in [3.05, 3.63) is 198 Å². The third-order valence-corrected chi connectivity index (χ3v) is 8.37. The number of nitrogens with zero attached hydrogens (tertiary/aromatic N) is 3. The number of aromatic nitrogens is 1. The van der Waals surface area contributed by atoms with Crippen LogP contribution < -0.4 is 15.9 Å². The first kappa shape index (κ1) is 32.6. The Bertz CT molecular complexity index is 2010. The highest BCUT2D eigenvalue weighted by Gasteiger charge is 2.37. The minimum atomic E-state index is -0.945. The van der Waals surface area contributed by atoms with Gasteiger partial charge in [-0.25, -0.2) is 4.98 Å². The van der Waals surface area contributed by atoms with E-state index in [4.69, 9.17) is 25.0 Å². The Morgan fingerprint density at radius 2 is 1.43 bits per heavy atom. The molecule has 2 aromatic heterocycles. The van der Waals surface area contributed by atoms with E-state index < -0.39 is 11.6 Å². The molecule has 3 N–H and O–H groups in total. The molecule has 49 heavy (non-hydrogen) atoms. The lowest BCUT2D eigenvalue weighted by atomic mass is 9.77. The van der Waals surface area contributed by atoms with Crippen LogP contribution in [0.15, 0.2) is 174 Å². The molecule has 4 aromatic carbocycles. The predicted octanol–water partition coefficient (Wildman–Crippen LogP) is 8.64. The van der Waals surface area contributed by atoms with E-state index in [0.717, 1.165) is 16.7 Å². The van der Waals surface area contributed by atoms with Gasteiger partial charge < -0.3 is 14.9 Å². The molecule has 0 amide bonds. The van der Waals surface area contributed by atoms with E-state index in [1.165, 1.54) is 0 Å². The van der Waals surface area contributed by atoms with Gasteiger partial charge in [0.25, 0.3) is 0 Å². The fourth-order valence-corrected chi connectivity index (χ4v) is 5.89. The molecule has 0 saturated heterocycles. The van der Waals surface area contributed by atoms with Crippen LogP contribution in [0.4, 0.5) is 0 Å². The highest BCUT2D eigenvalue weighted by Crippen LogP contribution is 2.38. The number of furan rings is 1. The highest BCUT2D eigenvalue weighted by atomic mass is 32.1. The normalized spacial score (nSPS) is 12.5. The van der Waals surface area contributed by atoms with E-state index in [9.17, 15) is 5.26 Å². The number of ether oxygens (including phenoxy) is 1. The van der Waals surface area contributed by atoms with Crippen LogP contribution >= 0.6 is 12.6 Å². The van der Waals surface area contributed by atoms with E-state index in [2.05, 4.69) is 67.1 Å². The molecular formula is C41H33N5O2S. The lowest BCUT2D eigenvalue weighted by Gasteiger charge is -2.36. The van der Waals surface area contributed by atoms with Crippen molar-refractivity contribution in [1.82, 2.24) is 10.4 Å². The van der Waals surface area contributed by atoms with Gasteiger partial charge in [0.15, 0.2) is 11.9 Å². The monoisotopic (exact) mass is 659 g/mol. The highest BCUT2D eigenvalue weighted by molar-refractivity contribution is 7.90. The van der Waals surface area contributed by atoms with Gasteiger partial charge in [0.2, 0.25) is 5.88 Å². The summed E-state index contributed by atoms with van der Waals surface area (Å²) in [6.07, 6.45) is 3.91. The molecule has 8 heteroatoms. The van der Waals surface area contributed by atoms with Crippen molar-refractivity contribution in [2.45, 2.75) is 11.6 Å². The van der Waals surface area contributed by atoms with Gasteiger partial charge in [0, 0.05) is 16.0 Å². The Kier molecular flexibility index (Phi) is 10.0. The molecule has 0 aliphatic carbocycles. The zero-order chi connectivity index (χ0) is 34.1. The number of pyridine rings is 1. The summed E-state index contributed by atoms with van der Waals surface area (Å²) in [4.78, 5) is 5.25. The Labute approximate surface area is 291 Å². The first-order valence-electron chi connectivity index (χ1n) is 15.5. The Hall–Kier alpha value is -6.30. The van der Waals surface area contributed by atoms with Crippen LogP contribution in [0.3, 0.4) is 0 Å². The molecule has 0 spiro atoms. The third kappa shape index (κ3) is 6.89. The summed E-state index contributed by atoms with van der Waals surface area (Å²) in [5.74, 6) is 0.632. The molecule has 0 fully saturated rings. The third-order valence-electron chi connectivity index (χ3n) is 8.00. The molecule has 6 rings (SSSR count). The van der Waals surface area contributed by atoms with E-state index in [0.29, 0.717) is 27.5 Å². The molecule has 0 aliphatic rings. The van der Waals surface area contributed by atoms with Crippen molar-refractivity contribution < 1.29 is 9.15 Å². The molecule has 6 aromatic rings. The minimum absolute atomic E-state index is 0.0443. The van der Waals surface area contributed by atoms with Crippen molar-refractivity contribution >= 4 is 23.4 Å². The lowest BCUT2D eigenvalue weighted by Crippen LogP contribution is -2.43. The number of nitriles is 1. The molecule has 1 atom stereocenters. The maximum absolute atomic E-state index is 10.4. The van der Waals surface area contributed by atoms with Crippen molar-refractivity contribution in [3.63, 3.8) is 0 Å². The molecule has 240 valence electrons. The van der Waals surface area contributed by atoms with Crippen LogP contribution in [0.5, 0.6) is 5.88 Å². The molecule has 0 radical (unpaired) electrons. The topological polar surface area (TPSA) is 109 Å². The second-order valence-corrected chi connectivity index (χ2v) is 11.5. The van der Waals surface area contributed by atoms with Gasteiger partial charge in [0.05, 0.1) is 12.0 Å². The number of hydrogen-bond acceptors (Lipinski definition) is 7. The number of nitrogens with two attached hydrogens (primary N) is 1. The number of allylic oxidation sites excluding steroid dienone is 2. The van der Waals surface area contributed by atoms with Gasteiger partial charge in [-0.15, -0.1) is 12.6 Å². The fourth-order valence-electron chi connectivity index (χ4n) is 5.67. The Morgan fingerprint density at radius 3 is 1.92 bits per heavy atom. The number of benzene rings is 4. The maximum atomic E-state index is 10.4. The van der Waals surface area contributed by atoms with Crippen molar-refractivity contribution in [3.8, 4) is 23.3 Å². The maximum Gasteiger partial charge on any atom is 0.234 e. The summed E-state index contributed by atoms with van der Waals surface area (Å²) >= 11 is 4.63. The number of amidine groups is 1. The van der Waals surface area contributed by atoms with Gasteiger partial charge in [0.1, 0.15) is 22.9 Å². The summed E-state index contributed by atoms with van der Waals surface area (Å²) in [5.41, 5.74) is 14.2. The van der Waals surface area contributed by atoms with Crippen LogP contribution in [0.1, 0.15) is 39.6 Å². The summed E-state index contributed by atoms with van der Waals surface area (Å²) < 4.78 is 12.3. The first-order valence-corrected chi connectivity index (χ1v) is 16.0. The number of nitrogens with one attached hydrogen (secondary N) is 1. The van der Waals surface area contributed by atoms with Gasteiger partial charge in [-0.3, -0.25) is 5.43 Å². The molecule has 1 unspecified atom stereocenters. The van der Waals surface area contributed by atoms with Crippen molar-refractivity contribution in [2.75, 3.05) is 0 Å². The predicted molar refractivity (Wildman–Crippen MR) is 198 cm³/mol. The number of rotatable bonds is 12. The summed E-state index contributed by atoms with van der Waals surface area (Å²) in [6.45, 7) is 3.78. The Balaban J connectivity index is 1.51. The molecule has 2 heterocycles. The summed E-state index contributed by atoms with van der Waals surface area (Å²) in [6, 6.07) is 47.2. The standard InChI is InChI=1S/C41H33N5O2S/c1-2-16-37(49)35-27-33(36-25-15-26-47-36)34(28-42)40(44-35)48-38(29-17-7-3-8-18-29)39(43)45-46-41(30-19-9-4-10-20-30,31-21-11-5-12-22-31)32-23-13-6-14-24-32/h2-27,38,46,49H,1H2,(H2,43,45)/b37-16-. The average molecular weight is 660 g/mol. The van der Waals surface area contributed by atoms with Gasteiger partial charge >= 0.3 is 0 Å². The smallest absolute Gasteiger partial charge is 0.234 e. The average Bonchev–Trinajstić information content (AvgIpc) is 3.71. The van der Waals surface area contributed by atoms with Gasteiger partial charge in [-0.1, -0.05) is 134 Å². The van der Waals surface area contributed by atoms with E-state index in [1.54, 1.807) is 36.6 Å². The van der Waals surface area contributed by atoms with Crippen molar-refractivity contribution in [1.29, 1.82) is 5.26 Å². The van der Waals surface area contributed by atoms with Crippen LogP contribution in [0, 0.1) is 11.3 Å². The second kappa shape index (κ2) is 15.1. The summed E-state index contributed by atoms with van der Waals surface area (Å²) in [7, 11) is 0. The van der Waals surface area contributed by atoms with Crippen LogP contribution in [0.25, 0.3) is 16.2 Å². The van der Waals surface area contributed by atoms with Gasteiger partial charge in [-0.05, 0) is 41.0 Å². The van der Waals surface area contributed by atoms with Crippen molar-refractivity contribution in [2.24, 2.45) is 10.8 Å². The molecule has 0 saturated carbocycles. The SMILES string of the molecule is C=C/C=C(\S)c1cc(-c2ccco2)c(C#N)c(OC(/C(N)=N/NC(c2ccccc2)(c2ccccc2)c2ccccc2)c2ccccc2)n1. The van der Waals surface area contributed by atoms with Crippen LogP contribution in [-0.2, 0) is 5.54 Å². The number of hydrogen-bond donors (Lipinski definition) is 3. The largest absolute Gasteiger partial charge is 0.464 e. The fraction of sp³-hybridized carbons (Fsp3) is 0.0488. The Morgan fingerprint density at radius 1 is 0.878 bits per heavy atom. The zero-order valence-corrected chi connectivity index (χ0v) is 27.4. The molecule has 7 nitrogen and oxygen atoms in total. The van der Waals surface area contributed by atoms with E-state index in [1.807, 2.05) is 84.9 Å². The lowest BCUT2D eigenvalue weighted by molar-refractivity contribution is 0.258. The quantitative estimate of drug-likeness (QED) is 0.0303. The zero-order valence-electron chi connectivity index (χ0n) is 26.5. The first-order chi connectivity index (χ1) is 24.0. The minimum Gasteiger partial charge on any atom is -0.464 e. The molecule has 0 aliphatic heterocycles. The van der Waals surface area contributed by atoms with Gasteiger partial charge in [-0.2, -0.15) is 10.4 Å². The van der Waals surface area contributed by atoms with Crippen LogP contribution in [-0.4, -0.2) is 10.8 Å². The molecular weight excluding hydrogens is 627 g/mol. The van der Waals surface area contributed by atoms with E-state index >= 15 is 0 Å². The molecule has 0 bridgehead atoms. The number of hydrazone groups is 1. The summed E-state index contributed by atoms with van der Waals surface area (Å²) in [5, 5.41) is 15.3. The van der Waals surface area contributed by atoms with Crippen LogP contribution in [0.2, 0.25) is 0 Å².